The lowest BCUT2D eigenvalue weighted by Crippen LogP contribution is -2.23. The molecule has 0 bridgehead atoms. The van der Waals surface area contributed by atoms with E-state index in [0.29, 0.717) is 11.2 Å². The van der Waals surface area contributed by atoms with E-state index in [9.17, 15) is 4.79 Å². The van der Waals surface area contributed by atoms with Crippen molar-refractivity contribution in [2.45, 2.75) is 25.8 Å². The Labute approximate surface area is 130 Å². The lowest BCUT2D eigenvalue weighted by atomic mass is 10.2. The van der Waals surface area contributed by atoms with Gasteiger partial charge in [0.2, 0.25) is 0 Å². The highest BCUT2D eigenvalue weighted by atomic mass is 32.1. The van der Waals surface area contributed by atoms with Crippen LogP contribution in [0.4, 0.5) is 0 Å². The summed E-state index contributed by atoms with van der Waals surface area (Å²) in [5, 5.41) is 9.79. The zero-order valence-corrected chi connectivity index (χ0v) is 12.6. The van der Waals surface area contributed by atoms with Gasteiger partial charge >= 0.3 is 0 Å². The van der Waals surface area contributed by atoms with Gasteiger partial charge in [-0.3, -0.25) is 14.3 Å². The van der Waals surface area contributed by atoms with Crippen molar-refractivity contribution in [3.63, 3.8) is 0 Å². The fraction of sp³-hybridized carbons (Fsp3) is 0.250. The van der Waals surface area contributed by atoms with E-state index in [1.807, 2.05) is 6.07 Å². The molecule has 3 aromatic heterocycles. The zero-order chi connectivity index (χ0) is 15.1. The van der Waals surface area contributed by atoms with Gasteiger partial charge in [-0.25, -0.2) is 4.98 Å². The molecule has 0 spiro atoms. The molecular weight excluding hydrogens is 296 g/mol. The van der Waals surface area contributed by atoms with Crippen LogP contribution >= 0.6 is 11.3 Å². The van der Waals surface area contributed by atoms with Gasteiger partial charge in [0, 0.05) is 22.8 Å². The summed E-state index contributed by atoms with van der Waals surface area (Å²) < 4.78 is 1.46. The van der Waals surface area contributed by atoms with Crippen LogP contribution in [0.25, 0.3) is 21.6 Å². The van der Waals surface area contributed by atoms with Crippen molar-refractivity contribution in [2.75, 3.05) is 0 Å². The normalized spacial score (nSPS) is 13.2. The molecule has 0 atom stereocenters. The number of nitrogens with zero attached hydrogens (tertiary/aromatic N) is 4. The lowest BCUT2D eigenvalue weighted by Gasteiger charge is -2.09. The van der Waals surface area contributed by atoms with E-state index in [1.165, 1.54) is 9.44 Å². The summed E-state index contributed by atoms with van der Waals surface area (Å²) in [6.07, 6.45) is 6.40. The van der Waals surface area contributed by atoms with Crippen LogP contribution in [-0.2, 0) is 19.4 Å². The highest BCUT2D eigenvalue weighted by Crippen LogP contribution is 2.35. The van der Waals surface area contributed by atoms with E-state index >= 15 is 0 Å². The van der Waals surface area contributed by atoms with E-state index in [4.69, 9.17) is 5.26 Å². The molecule has 0 amide bonds. The van der Waals surface area contributed by atoms with Crippen molar-refractivity contribution in [2.24, 2.45) is 0 Å². The molecule has 0 unspecified atom stereocenters. The molecule has 3 heterocycles. The molecule has 1 aliphatic rings. The smallest absolute Gasteiger partial charge is 0.263 e. The van der Waals surface area contributed by atoms with Crippen LogP contribution in [0.1, 0.15) is 16.9 Å². The first-order valence-electron chi connectivity index (χ1n) is 7.12. The number of hydrogen-bond acceptors (Lipinski definition) is 5. The van der Waals surface area contributed by atoms with Gasteiger partial charge in [-0.2, -0.15) is 5.26 Å². The molecule has 3 aromatic rings. The molecule has 0 saturated heterocycles. The van der Waals surface area contributed by atoms with Crippen molar-refractivity contribution in [1.82, 2.24) is 14.5 Å². The van der Waals surface area contributed by atoms with Crippen molar-refractivity contribution < 1.29 is 0 Å². The van der Waals surface area contributed by atoms with Crippen molar-refractivity contribution in [3.05, 3.63) is 45.3 Å². The average Bonchev–Trinajstić information content (AvgIpc) is 3.11. The summed E-state index contributed by atoms with van der Waals surface area (Å²) in [4.78, 5) is 23.7. The van der Waals surface area contributed by atoms with Gasteiger partial charge < -0.3 is 0 Å². The van der Waals surface area contributed by atoms with Crippen LogP contribution in [0, 0.1) is 11.3 Å². The number of rotatable bonds is 2. The van der Waals surface area contributed by atoms with Crippen LogP contribution in [0.5, 0.6) is 0 Å². The molecule has 108 valence electrons. The van der Waals surface area contributed by atoms with Gasteiger partial charge in [-0.15, -0.1) is 11.3 Å². The van der Waals surface area contributed by atoms with E-state index in [0.717, 1.165) is 35.2 Å². The summed E-state index contributed by atoms with van der Waals surface area (Å²) >= 11 is 1.61. The standard InChI is InChI=1S/C16H12N4OS/c17-6-8-20-14(10-3-2-7-18-9-10)19-15-13(16(20)21)11-4-1-5-12(11)22-15/h2-3,7,9H,1,4-5,8H2. The summed E-state index contributed by atoms with van der Waals surface area (Å²) in [6, 6.07) is 5.72. The minimum atomic E-state index is -0.107. The van der Waals surface area contributed by atoms with Crippen LogP contribution in [0.2, 0.25) is 0 Å². The number of pyridine rings is 1. The third kappa shape index (κ3) is 1.86. The SMILES string of the molecule is N#CCn1c(-c2cccnc2)nc2sc3c(c2c1=O)CCC3. The molecule has 0 saturated carbocycles. The Hall–Kier alpha value is -2.52. The largest absolute Gasteiger partial charge is 0.278 e. The van der Waals surface area contributed by atoms with Crippen molar-refractivity contribution in [1.29, 1.82) is 5.26 Å². The predicted octanol–water partition coefficient (Wildman–Crippen LogP) is 2.53. The predicted molar refractivity (Wildman–Crippen MR) is 84.7 cm³/mol. The molecule has 0 fully saturated rings. The maximum Gasteiger partial charge on any atom is 0.263 e. The van der Waals surface area contributed by atoms with Gasteiger partial charge in [-0.1, -0.05) is 0 Å². The van der Waals surface area contributed by atoms with Crippen LogP contribution in [-0.4, -0.2) is 14.5 Å². The Bertz CT molecular complexity index is 966. The van der Waals surface area contributed by atoms with Gasteiger partial charge in [0.25, 0.3) is 5.56 Å². The van der Waals surface area contributed by atoms with Crippen molar-refractivity contribution in [3.8, 4) is 17.5 Å². The van der Waals surface area contributed by atoms with Gasteiger partial charge in [-0.05, 0) is 37.0 Å². The molecule has 4 rings (SSSR count). The van der Waals surface area contributed by atoms with E-state index in [-0.39, 0.29) is 12.1 Å². The summed E-state index contributed by atoms with van der Waals surface area (Å²) in [7, 11) is 0. The number of nitriles is 1. The second-order valence-electron chi connectivity index (χ2n) is 5.26. The highest BCUT2D eigenvalue weighted by molar-refractivity contribution is 7.18. The number of thiophene rings is 1. The summed E-state index contributed by atoms with van der Waals surface area (Å²) in [5.41, 5.74) is 1.79. The Morgan fingerprint density at radius 3 is 3.09 bits per heavy atom. The molecule has 0 radical (unpaired) electrons. The highest BCUT2D eigenvalue weighted by Gasteiger charge is 2.23. The number of aromatic nitrogens is 3. The molecule has 5 nitrogen and oxygen atoms in total. The maximum atomic E-state index is 12.9. The lowest BCUT2D eigenvalue weighted by molar-refractivity contribution is 0.786. The quantitative estimate of drug-likeness (QED) is 0.729. The second kappa shape index (κ2) is 5.04. The number of fused-ring (bicyclic) bond motifs is 3. The Balaban J connectivity index is 2.07. The summed E-state index contributed by atoms with van der Waals surface area (Å²) in [5.74, 6) is 0.520. The molecule has 0 aliphatic heterocycles. The molecule has 22 heavy (non-hydrogen) atoms. The van der Waals surface area contributed by atoms with Crippen LogP contribution in [0.15, 0.2) is 29.3 Å². The van der Waals surface area contributed by atoms with Gasteiger partial charge in [0.15, 0.2) is 0 Å². The maximum absolute atomic E-state index is 12.9. The molecular formula is C16H12N4OS. The van der Waals surface area contributed by atoms with Gasteiger partial charge in [0.1, 0.15) is 17.2 Å². The third-order valence-corrected chi connectivity index (χ3v) is 5.16. The fourth-order valence-electron chi connectivity index (χ4n) is 3.01. The minimum absolute atomic E-state index is 0.00335. The summed E-state index contributed by atoms with van der Waals surface area (Å²) in [6.45, 7) is -0.00335. The second-order valence-corrected chi connectivity index (χ2v) is 6.35. The fourth-order valence-corrected chi connectivity index (χ4v) is 4.26. The van der Waals surface area contributed by atoms with Crippen LogP contribution < -0.4 is 5.56 Å². The Kier molecular flexibility index (Phi) is 3.01. The Morgan fingerprint density at radius 2 is 2.32 bits per heavy atom. The first kappa shape index (κ1) is 13.2. The number of hydrogen-bond donors (Lipinski definition) is 0. The number of aryl methyl sites for hydroxylation is 2. The average molecular weight is 308 g/mol. The molecule has 1 aliphatic carbocycles. The first-order chi connectivity index (χ1) is 10.8. The van der Waals surface area contributed by atoms with Crippen molar-refractivity contribution >= 4 is 21.6 Å². The Morgan fingerprint density at radius 1 is 1.41 bits per heavy atom. The molecule has 0 aromatic carbocycles. The topological polar surface area (TPSA) is 71.6 Å². The van der Waals surface area contributed by atoms with E-state index < -0.39 is 0 Å². The van der Waals surface area contributed by atoms with Crippen LogP contribution in [0.3, 0.4) is 0 Å². The third-order valence-electron chi connectivity index (χ3n) is 3.97. The molecule has 6 heteroatoms. The minimum Gasteiger partial charge on any atom is -0.278 e. The molecule has 0 N–H and O–H groups in total. The van der Waals surface area contributed by atoms with Gasteiger partial charge in [0.05, 0.1) is 11.5 Å². The zero-order valence-electron chi connectivity index (χ0n) is 11.7. The van der Waals surface area contributed by atoms with E-state index in [1.54, 1.807) is 29.8 Å². The van der Waals surface area contributed by atoms with E-state index in [2.05, 4.69) is 16.0 Å². The first-order valence-corrected chi connectivity index (χ1v) is 7.93. The monoisotopic (exact) mass is 308 g/mol.